The molecule has 5 N–H and O–H groups in total. The van der Waals surface area contributed by atoms with Crippen LogP contribution in [0.2, 0.25) is 0 Å². The highest BCUT2D eigenvalue weighted by Crippen LogP contribution is 2.24. The molecule has 0 heterocycles. The lowest BCUT2D eigenvalue weighted by atomic mass is 10.1. The van der Waals surface area contributed by atoms with Gasteiger partial charge < -0.3 is 20.4 Å². The van der Waals surface area contributed by atoms with Crippen molar-refractivity contribution in [2.45, 2.75) is 6.42 Å². The van der Waals surface area contributed by atoms with Crippen molar-refractivity contribution >= 4 is 0 Å². The normalized spacial score (nSPS) is 12.8. The summed E-state index contributed by atoms with van der Waals surface area (Å²) in [6.45, 7) is 1.89. The SMILES string of the molecule is C[NH+](CCc1ccc(O)c(O)c1)N(CCO)CCO. The minimum Gasteiger partial charge on any atom is -0.504 e. The molecule has 0 aliphatic rings. The van der Waals surface area contributed by atoms with E-state index in [0.29, 0.717) is 13.1 Å². The zero-order valence-electron chi connectivity index (χ0n) is 11.2. The minimum atomic E-state index is -0.119. The quantitative estimate of drug-likeness (QED) is 0.289. The topological polar surface area (TPSA) is 88.6 Å². The van der Waals surface area contributed by atoms with E-state index in [1.54, 1.807) is 12.1 Å². The highest BCUT2D eigenvalue weighted by Gasteiger charge is 2.14. The van der Waals surface area contributed by atoms with E-state index in [9.17, 15) is 10.2 Å². The van der Waals surface area contributed by atoms with Gasteiger partial charge in [-0.15, -0.1) is 0 Å². The number of phenols is 2. The smallest absolute Gasteiger partial charge is 0.157 e. The number of hydrogen-bond acceptors (Lipinski definition) is 5. The van der Waals surface area contributed by atoms with Gasteiger partial charge in [0.1, 0.15) is 0 Å². The summed E-state index contributed by atoms with van der Waals surface area (Å²) >= 11 is 0. The van der Waals surface area contributed by atoms with Crippen LogP contribution in [-0.2, 0) is 6.42 Å². The number of likely N-dealkylation sites (N-methyl/N-ethyl adjacent to an activating group) is 1. The first-order chi connectivity index (χ1) is 9.08. The fraction of sp³-hybridized carbons (Fsp3) is 0.538. The van der Waals surface area contributed by atoms with E-state index in [0.717, 1.165) is 23.5 Å². The molecule has 0 radical (unpaired) electrons. The molecular weight excluding hydrogens is 248 g/mol. The van der Waals surface area contributed by atoms with Gasteiger partial charge in [0, 0.05) is 6.42 Å². The van der Waals surface area contributed by atoms with Crippen LogP contribution in [0.5, 0.6) is 11.5 Å². The Morgan fingerprint density at radius 3 is 2.21 bits per heavy atom. The first kappa shape index (κ1) is 15.7. The number of rotatable bonds is 8. The molecule has 0 aliphatic carbocycles. The molecule has 0 spiro atoms. The lowest BCUT2D eigenvalue weighted by Gasteiger charge is -2.27. The molecule has 19 heavy (non-hydrogen) atoms. The molecule has 6 nitrogen and oxygen atoms in total. The second-order valence-electron chi connectivity index (χ2n) is 4.49. The Kier molecular flexibility index (Phi) is 6.58. The summed E-state index contributed by atoms with van der Waals surface area (Å²) in [4.78, 5) is 0. The van der Waals surface area contributed by atoms with Gasteiger partial charge in [-0.2, -0.15) is 5.01 Å². The van der Waals surface area contributed by atoms with Crippen LogP contribution in [0.4, 0.5) is 0 Å². The van der Waals surface area contributed by atoms with E-state index in [4.69, 9.17) is 10.2 Å². The van der Waals surface area contributed by atoms with Crippen molar-refractivity contribution in [3.05, 3.63) is 23.8 Å². The maximum Gasteiger partial charge on any atom is 0.157 e. The summed E-state index contributed by atoms with van der Waals surface area (Å²) in [5.41, 5.74) is 0.933. The standard InChI is InChI=1S/C13H22N2O4/c1-14(15(6-8-16)7-9-17)5-4-11-2-3-12(18)13(19)10-11/h2-3,10,16-19H,4-9H2,1H3/p+1. The molecule has 1 aromatic carbocycles. The Hall–Kier alpha value is -1.34. The lowest BCUT2D eigenvalue weighted by molar-refractivity contribution is -0.999. The fourth-order valence-corrected chi connectivity index (χ4v) is 1.94. The van der Waals surface area contributed by atoms with Crippen molar-refractivity contribution in [2.75, 3.05) is 39.9 Å². The van der Waals surface area contributed by atoms with Crippen molar-refractivity contribution in [3.8, 4) is 11.5 Å². The monoisotopic (exact) mass is 271 g/mol. The number of quaternary nitrogens is 1. The zero-order chi connectivity index (χ0) is 14.3. The van der Waals surface area contributed by atoms with Gasteiger partial charge in [-0.25, -0.2) is 0 Å². The van der Waals surface area contributed by atoms with Crippen molar-refractivity contribution in [1.82, 2.24) is 5.01 Å². The molecule has 0 saturated carbocycles. The third-order valence-electron chi connectivity index (χ3n) is 3.09. The number of hydrogen-bond donors (Lipinski definition) is 5. The van der Waals surface area contributed by atoms with E-state index in [1.165, 1.54) is 6.07 Å². The van der Waals surface area contributed by atoms with Crippen LogP contribution < -0.4 is 5.01 Å². The molecule has 1 unspecified atom stereocenters. The molecule has 0 bridgehead atoms. The maximum absolute atomic E-state index is 9.41. The Balaban J connectivity index is 2.51. The van der Waals surface area contributed by atoms with Crippen LogP contribution in [0.1, 0.15) is 5.56 Å². The molecule has 1 aromatic rings. The van der Waals surface area contributed by atoms with Crippen LogP contribution in [0.15, 0.2) is 18.2 Å². The van der Waals surface area contributed by atoms with Gasteiger partial charge in [-0.3, -0.25) is 5.01 Å². The number of nitrogens with one attached hydrogen (secondary N) is 1. The number of aliphatic hydroxyl groups is 2. The van der Waals surface area contributed by atoms with Crippen LogP contribution in [0.3, 0.4) is 0 Å². The second kappa shape index (κ2) is 7.96. The van der Waals surface area contributed by atoms with Gasteiger partial charge in [0.05, 0.1) is 39.9 Å². The Labute approximate surface area is 113 Å². The van der Waals surface area contributed by atoms with Crippen molar-refractivity contribution < 1.29 is 25.4 Å². The van der Waals surface area contributed by atoms with Crippen LogP contribution >= 0.6 is 0 Å². The van der Waals surface area contributed by atoms with E-state index in [2.05, 4.69) is 0 Å². The van der Waals surface area contributed by atoms with E-state index in [1.807, 2.05) is 12.1 Å². The van der Waals surface area contributed by atoms with Gasteiger partial charge in [0.25, 0.3) is 0 Å². The first-order valence-corrected chi connectivity index (χ1v) is 6.38. The molecule has 0 fully saturated rings. The highest BCUT2D eigenvalue weighted by molar-refractivity contribution is 5.40. The number of phenolic OH excluding ortho intramolecular Hbond substituents is 2. The summed E-state index contributed by atoms with van der Waals surface area (Å²) in [7, 11) is 1.96. The number of aromatic hydroxyl groups is 2. The summed E-state index contributed by atoms with van der Waals surface area (Å²) in [6.07, 6.45) is 0.729. The minimum absolute atomic E-state index is 0.0529. The zero-order valence-corrected chi connectivity index (χ0v) is 11.2. The molecule has 1 atom stereocenters. The Bertz CT molecular complexity index is 381. The predicted octanol–water partition coefficient (Wildman–Crippen LogP) is -1.64. The van der Waals surface area contributed by atoms with Crippen LogP contribution in [0.25, 0.3) is 0 Å². The molecular formula is C13H23N2O4+. The summed E-state index contributed by atoms with van der Waals surface area (Å²) < 4.78 is 0. The Morgan fingerprint density at radius 2 is 1.68 bits per heavy atom. The molecule has 6 heteroatoms. The summed E-state index contributed by atoms with van der Waals surface area (Å²) in [5, 5.41) is 39.6. The van der Waals surface area contributed by atoms with Gasteiger partial charge >= 0.3 is 0 Å². The highest BCUT2D eigenvalue weighted by atomic mass is 16.3. The average molecular weight is 271 g/mol. The van der Waals surface area contributed by atoms with Crippen LogP contribution in [0, 0.1) is 0 Å². The molecule has 1 rings (SSSR count). The van der Waals surface area contributed by atoms with E-state index >= 15 is 0 Å². The molecule has 0 amide bonds. The van der Waals surface area contributed by atoms with Crippen molar-refractivity contribution in [2.24, 2.45) is 0 Å². The largest absolute Gasteiger partial charge is 0.504 e. The maximum atomic E-state index is 9.41. The number of benzene rings is 1. The number of nitrogens with zero attached hydrogens (tertiary/aromatic N) is 1. The van der Waals surface area contributed by atoms with Gasteiger partial charge in [0.15, 0.2) is 11.5 Å². The van der Waals surface area contributed by atoms with Crippen LogP contribution in [-0.4, -0.2) is 65.3 Å². The molecule has 108 valence electrons. The van der Waals surface area contributed by atoms with Gasteiger partial charge in [-0.1, -0.05) is 6.07 Å². The summed E-state index contributed by atoms with van der Waals surface area (Å²) in [6, 6.07) is 4.79. The molecule has 0 aromatic heterocycles. The van der Waals surface area contributed by atoms with E-state index < -0.39 is 0 Å². The van der Waals surface area contributed by atoms with E-state index in [-0.39, 0.29) is 24.7 Å². The Morgan fingerprint density at radius 1 is 1.05 bits per heavy atom. The third kappa shape index (κ3) is 5.04. The van der Waals surface area contributed by atoms with Crippen molar-refractivity contribution in [3.63, 3.8) is 0 Å². The summed E-state index contributed by atoms with van der Waals surface area (Å²) in [5.74, 6) is -0.232. The molecule has 0 saturated heterocycles. The lowest BCUT2D eigenvalue weighted by Crippen LogP contribution is -3.16. The predicted molar refractivity (Wildman–Crippen MR) is 71.0 cm³/mol. The van der Waals surface area contributed by atoms with Crippen molar-refractivity contribution in [1.29, 1.82) is 0 Å². The first-order valence-electron chi connectivity index (χ1n) is 6.38. The fourth-order valence-electron chi connectivity index (χ4n) is 1.94. The van der Waals surface area contributed by atoms with Gasteiger partial charge in [0.2, 0.25) is 0 Å². The molecule has 0 aliphatic heterocycles. The average Bonchev–Trinajstić information content (AvgIpc) is 2.39. The third-order valence-corrected chi connectivity index (χ3v) is 3.09. The van der Waals surface area contributed by atoms with Gasteiger partial charge in [-0.05, 0) is 17.7 Å². The second-order valence-corrected chi connectivity index (χ2v) is 4.49. The number of aliphatic hydroxyl groups excluding tert-OH is 2.